The van der Waals surface area contributed by atoms with E-state index in [4.69, 9.17) is 10.3 Å². The molecule has 0 aliphatic carbocycles. The fourth-order valence-electron chi connectivity index (χ4n) is 2.29. The van der Waals surface area contributed by atoms with Crippen molar-refractivity contribution in [1.29, 1.82) is 0 Å². The zero-order valence-electron chi connectivity index (χ0n) is 14.8. The molecular formula is C17H17BrN6O3S. The van der Waals surface area contributed by atoms with Gasteiger partial charge in [0.05, 0.1) is 29.8 Å². The molecule has 2 aromatic heterocycles. The number of hydrogen-bond donors (Lipinski definition) is 3. The number of aromatic nitrogens is 3. The van der Waals surface area contributed by atoms with Crippen molar-refractivity contribution in [3.05, 3.63) is 46.8 Å². The number of thioether (sulfide) groups is 1. The highest BCUT2D eigenvalue weighted by atomic mass is 79.9. The topological polar surface area (TPSA) is 128 Å². The number of anilines is 1. The fourth-order valence-corrected chi connectivity index (χ4v) is 3.36. The van der Waals surface area contributed by atoms with Crippen LogP contribution in [0.25, 0.3) is 11.4 Å². The zero-order chi connectivity index (χ0) is 20.1. The van der Waals surface area contributed by atoms with E-state index in [-0.39, 0.29) is 24.1 Å². The first kappa shape index (κ1) is 20.0. The summed E-state index contributed by atoms with van der Waals surface area (Å²) in [5.41, 5.74) is 1.37. The normalized spacial score (nSPS) is 10.6. The Morgan fingerprint density at radius 1 is 1.25 bits per heavy atom. The summed E-state index contributed by atoms with van der Waals surface area (Å²) in [4.78, 5) is 24.0. The molecule has 0 unspecified atom stereocenters. The Bertz CT molecular complexity index is 1000. The van der Waals surface area contributed by atoms with Gasteiger partial charge in [0.15, 0.2) is 5.82 Å². The molecule has 0 aliphatic heterocycles. The summed E-state index contributed by atoms with van der Waals surface area (Å²) in [6.07, 6.45) is 1.54. The summed E-state index contributed by atoms with van der Waals surface area (Å²) in [6, 6.07) is 8.96. The number of hydrogen-bond acceptors (Lipinski definition) is 7. The molecule has 3 aromatic rings. The molecule has 2 amide bonds. The van der Waals surface area contributed by atoms with Gasteiger partial charge in [-0.15, -0.1) is 10.2 Å². The van der Waals surface area contributed by atoms with Gasteiger partial charge in [0.1, 0.15) is 5.76 Å². The fraction of sp³-hybridized carbons (Fsp3) is 0.176. The molecule has 9 nitrogen and oxygen atoms in total. The van der Waals surface area contributed by atoms with Gasteiger partial charge in [-0.05, 0) is 41.1 Å². The smallest absolute Gasteiger partial charge is 0.243 e. The second-order valence-corrected chi connectivity index (χ2v) is 7.46. The maximum absolute atomic E-state index is 12.0. The third-order valence-corrected chi connectivity index (χ3v) is 5.33. The van der Waals surface area contributed by atoms with Gasteiger partial charge in [0.25, 0.3) is 0 Å². The van der Waals surface area contributed by atoms with E-state index in [1.807, 2.05) is 12.1 Å². The number of halogens is 1. The minimum Gasteiger partial charge on any atom is -0.469 e. The Balaban J connectivity index is 1.48. The molecule has 2 heterocycles. The highest BCUT2D eigenvalue weighted by Gasteiger charge is 2.17. The first-order chi connectivity index (χ1) is 13.5. The number of nitrogen functional groups attached to an aromatic ring is 1. The first-order valence-electron chi connectivity index (χ1n) is 8.14. The maximum atomic E-state index is 12.0. The second kappa shape index (κ2) is 8.93. The van der Waals surface area contributed by atoms with Gasteiger partial charge in [0.2, 0.25) is 17.0 Å². The Hall–Kier alpha value is -2.79. The number of rotatable bonds is 7. The maximum Gasteiger partial charge on any atom is 0.243 e. The van der Waals surface area contributed by atoms with E-state index in [0.29, 0.717) is 22.4 Å². The summed E-state index contributed by atoms with van der Waals surface area (Å²) >= 11 is 4.46. The number of nitrogens with zero attached hydrogens (tertiary/aromatic N) is 3. The van der Waals surface area contributed by atoms with E-state index in [2.05, 4.69) is 36.8 Å². The van der Waals surface area contributed by atoms with Crippen LogP contribution in [0.15, 0.2) is 50.6 Å². The van der Waals surface area contributed by atoms with Gasteiger partial charge in [-0.25, -0.2) is 4.68 Å². The largest absolute Gasteiger partial charge is 0.469 e. The van der Waals surface area contributed by atoms with Gasteiger partial charge >= 0.3 is 0 Å². The summed E-state index contributed by atoms with van der Waals surface area (Å²) in [6.45, 7) is 1.65. The van der Waals surface area contributed by atoms with E-state index in [1.165, 1.54) is 4.68 Å². The Kier molecular flexibility index (Phi) is 6.37. The third-order valence-electron chi connectivity index (χ3n) is 3.69. The molecule has 28 heavy (non-hydrogen) atoms. The van der Waals surface area contributed by atoms with Crippen LogP contribution in [0.1, 0.15) is 5.76 Å². The summed E-state index contributed by atoms with van der Waals surface area (Å²) in [7, 11) is 0. The van der Waals surface area contributed by atoms with Crippen molar-refractivity contribution in [2.75, 3.05) is 23.5 Å². The lowest BCUT2D eigenvalue weighted by molar-refractivity contribution is -0.122. The average Bonchev–Trinajstić information content (AvgIpc) is 3.25. The van der Waals surface area contributed by atoms with Crippen LogP contribution in [-0.4, -0.2) is 39.0 Å². The number of aryl methyl sites for hydroxylation is 1. The number of nitrogens with one attached hydrogen (secondary N) is 2. The molecule has 0 radical (unpaired) electrons. The van der Waals surface area contributed by atoms with Crippen LogP contribution < -0.4 is 16.5 Å². The molecule has 0 spiro atoms. The van der Waals surface area contributed by atoms with Crippen LogP contribution in [0.5, 0.6) is 0 Å². The predicted octanol–water partition coefficient (Wildman–Crippen LogP) is 2.17. The van der Waals surface area contributed by atoms with E-state index >= 15 is 0 Å². The van der Waals surface area contributed by atoms with Crippen LogP contribution in [-0.2, 0) is 9.59 Å². The van der Waals surface area contributed by atoms with E-state index < -0.39 is 0 Å². The van der Waals surface area contributed by atoms with E-state index in [1.54, 1.807) is 31.4 Å². The molecule has 0 fully saturated rings. The molecule has 0 saturated heterocycles. The van der Waals surface area contributed by atoms with Gasteiger partial charge in [0, 0.05) is 4.47 Å². The number of nitrogens with two attached hydrogens (primary N) is 1. The predicted molar refractivity (Wildman–Crippen MR) is 109 cm³/mol. The average molecular weight is 465 g/mol. The number of amides is 2. The molecule has 4 N–H and O–H groups in total. The minimum atomic E-state index is -0.329. The Morgan fingerprint density at radius 2 is 2.04 bits per heavy atom. The lowest BCUT2D eigenvalue weighted by Crippen LogP contribution is -2.34. The van der Waals surface area contributed by atoms with Crippen LogP contribution in [0, 0.1) is 6.92 Å². The molecule has 146 valence electrons. The van der Waals surface area contributed by atoms with Crippen molar-refractivity contribution < 1.29 is 14.0 Å². The van der Waals surface area contributed by atoms with Gasteiger partial charge in [-0.2, -0.15) is 0 Å². The van der Waals surface area contributed by atoms with Gasteiger partial charge in [-0.3, -0.25) is 9.59 Å². The third kappa shape index (κ3) is 4.73. The molecular weight excluding hydrogens is 448 g/mol. The van der Waals surface area contributed by atoms with Crippen LogP contribution in [0.3, 0.4) is 0 Å². The van der Waals surface area contributed by atoms with Gasteiger partial charge < -0.3 is 20.9 Å². The molecule has 0 saturated carbocycles. The zero-order valence-corrected chi connectivity index (χ0v) is 17.2. The number of carbonyl (C=O) groups excluding carboxylic acids is 2. The standard InChI is InChI=1S/C17H17BrN6O3S/c1-10-11(6-7-27-10)16-22-23-17(24(16)19)28-9-15(26)20-8-14(25)21-13-5-3-2-4-12(13)18/h2-7H,8-9,19H2,1H3,(H,20,26)(H,21,25). The Morgan fingerprint density at radius 3 is 2.75 bits per heavy atom. The number of carbonyl (C=O) groups is 2. The summed E-state index contributed by atoms with van der Waals surface area (Å²) in [5, 5.41) is 13.7. The SMILES string of the molecule is Cc1occc1-c1nnc(SCC(=O)NCC(=O)Nc2ccccc2Br)n1N. The number of furan rings is 1. The number of benzene rings is 1. The van der Waals surface area contributed by atoms with Crippen molar-refractivity contribution in [2.24, 2.45) is 0 Å². The van der Waals surface area contributed by atoms with Crippen molar-refractivity contribution >= 4 is 45.2 Å². The van der Waals surface area contributed by atoms with Crippen molar-refractivity contribution in [2.45, 2.75) is 12.1 Å². The molecule has 3 rings (SSSR count). The quantitative estimate of drug-likeness (QED) is 0.360. The van der Waals surface area contributed by atoms with E-state index in [0.717, 1.165) is 21.8 Å². The van der Waals surface area contributed by atoms with Crippen LogP contribution in [0.2, 0.25) is 0 Å². The monoisotopic (exact) mass is 464 g/mol. The lowest BCUT2D eigenvalue weighted by Gasteiger charge is -2.08. The van der Waals surface area contributed by atoms with Crippen molar-refractivity contribution in [3.63, 3.8) is 0 Å². The second-order valence-electron chi connectivity index (χ2n) is 5.66. The summed E-state index contributed by atoms with van der Waals surface area (Å²) in [5.74, 6) is 6.51. The lowest BCUT2D eigenvalue weighted by atomic mass is 10.2. The highest BCUT2D eigenvalue weighted by molar-refractivity contribution is 9.10. The summed E-state index contributed by atoms with van der Waals surface area (Å²) < 4.78 is 7.30. The first-order valence-corrected chi connectivity index (χ1v) is 9.92. The van der Waals surface area contributed by atoms with Crippen molar-refractivity contribution in [1.82, 2.24) is 20.2 Å². The van der Waals surface area contributed by atoms with Crippen LogP contribution in [0.4, 0.5) is 5.69 Å². The molecule has 11 heteroatoms. The highest BCUT2D eigenvalue weighted by Crippen LogP contribution is 2.25. The molecule has 0 aliphatic rings. The van der Waals surface area contributed by atoms with Crippen LogP contribution >= 0.6 is 27.7 Å². The molecule has 0 bridgehead atoms. The van der Waals surface area contributed by atoms with Crippen molar-refractivity contribution in [3.8, 4) is 11.4 Å². The van der Waals surface area contributed by atoms with E-state index in [9.17, 15) is 9.59 Å². The minimum absolute atomic E-state index is 0.0437. The Labute approximate surface area is 173 Å². The molecule has 0 atom stereocenters. The van der Waals surface area contributed by atoms with Gasteiger partial charge in [-0.1, -0.05) is 23.9 Å². The number of para-hydroxylation sites is 1. The molecule has 1 aromatic carbocycles.